The summed E-state index contributed by atoms with van der Waals surface area (Å²) in [5.41, 5.74) is 2.90. The average molecular weight is 207 g/mol. The fraction of sp³-hybridized carbons (Fsp3) is 1.00. The lowest BCUT2D eigenvalue weighted by molar-refractivity contribution is 0.467. The summed E-state index contributed by atoms with van der Waals surface area (Å²) in [4.78, 5) is 4.49. The van der Waals surface area contributed by atoms with Gasteiger partial charge in [0.15, 0.2) is 7.51 Å². The first kappa shape index (κ1) is 13.1. The number of rotatable bonds is 4. The third-order valence-corrected chi connectivity index (χ3v) is 5.53. The van der Waals surface area contributed by atoms with Gasteiger partial charge in [0.25, 0.3) is 0 Å². The van der Waals surface area contributed by atoms with Crippen LogP contribution in [0.25, 0.3) is 0 Å². The van der Waals surface area contributed by atoms with E-state index in [1.807, 2.05) is 7.05 Å². The summed E-state index contributed by atoms with van der Waals surface area (Å²) in [7, 11) is 12.4. The molecule has 0 rings (SSSR count). The number of hydrogen-bond acceptors (Lipinski definition) is 1. The van der Waals surface area contributed by atoms with Crippen molar-refractivity contribution >= 4 is 7.51 Å². The zero-order valence-corrected chi connectivity index (χ0v) is 10.6. The summed E-state index contributed by atoms with van der Waals surface area (Å²) in [5, 5.41) is 0. The molecule has 0 fully saturated rings. The normalized spacial score (nSPS) is 13.1. The Morgan fingerprint density at radius 2 is 1.15 bits per heavy atom. The Balaban J connectivity index is 5.20. The van der Waals surface area contributed by atoms with E-state index in [1.54, 1.807) is 0 Å². The molecular formula is C7H22N5P. The molecule has 6 heteroatoms. The van der Waals surface area contributed by atoms with Crippen molar-refractivity contribution in [1.29, 1.82) is 0 Å². The maximum atomic E-state index is 4.49. The Hall–Kier alpha value is 0.0700. The van der Waals surface area contributed by atoms with Crippen LogP contribution in [0.15, 0.2) is 4.85 Å². The fourth-order valence-corrected chi connectivity index (χ4v) is 4.43. The largest absolute Gasteiger partial charge is 0.251 e. The molecule has 0 spiro atoms. The van der Waals surface area contributed by atoms with Crippen LogP contribution in [0.3, 0.4) is 0 Å². The van der Waals surface area contributed by atoms with Gasteiger partial charge in [-0.15, -0.1) is 0 Å². The molecule has 0 aromatic heterocycles. The summed E-state index contributed by atoms with van der Waals surface area (Å²) in [6.45, 7) is 0. The van der Waals surface area contributed by atoms with E-state index in [-0.39, 0.29) is 0 Å². The van der Waals surface area contributed by atoms with Crippen molar-refractivity contribution in [3.8, 4) is 0 Å². The molecule has 0 heterocycles. The lowest BCUT2D eigenvalue weighted by Gasteiger charge is -2.40. The third kappa shape index (κ3) is 2.51. The van der Waals surface area contributed by atoms with Crippen molar-refractivity contribution in [3.63, 3.8) is 0 Å². The molecular weight excluding hydrogens is 185 g/mol. The van der Waals surface area contributed by atoms with E-state index in [1.165, 1.54) is 0 Å². The Labute approximate surface area is 81.9 Å². The molecule has 13 heavy (non-hydrogen) atoms. The first-order valence-corrected chi connectivity index (χ1v) is 5.81. The van der Waals surface area contributed by atoms with Gasteiger partial charge in [0.05, 0.1) is 0 Å². The molecule has 80 valence electrons. The van der Waals surface area contributed by atoms with Crippen LogP contribution in [0, 0.1) is 0 Å². The fourth-order valence-electron chi connectivity index (χ4n) is 1.48. The van der Waals surface area contributed by atoms with Crippen molar-refractivity contribution in [1.82, 2.24) is 19.4 Å². The highest BCUT2D eigenvalue weighted by molar-refractivity contribution is 7.58. The third-order valence-electron chi connectivity index (χ3n) is 1.84. The van der Waals surface area contributed by atoms with Gasteiger partial charge in [-0.3, -0.25) is 14.0 Å². The van der Waals surface area contributed by atoms with Gasteiger partial charge in [0.1, 0.15) is 0 Å². The van der Waals surface area contributed by atoms with Gasteiger partial charge >= 0.3 is 0 Å². The van der Waals surface area contributed by atoms with Gasteiger partial charge < -0.3 is 0 Å². The van der Waals surface area contributed by atoms with E-state index >= 15 is 0 Å². The summed E-state index contributed by atoms with van der Waals surface area (Å²) in [6, 6.07) is 0. The number of nitrogens with zero attached hydrogens (tertiary/aromatic N) is 4. The second kappa shape index (κ2) is 5.08. The van der Waals surface area contributed by atoms with Crippen LogP contribution in [0.2, 0.25) is 0 Å². The van der Waals surface area contributed by atoms with Crippen molar-refractivity contribution in [2.24, 2.45) is 4.85 Å². The highest BCUT2D eigenvalue weighted by Crippen LogP contribution is 2.53. The molecule has 0 aliphatic heterocycles. The first-order valence-electron chi connectivity index (χ1n) is 4.21. The quantitative estimate of drug-likeness (QED) is 0.545. The minimum atomic E-state index is -1.70. The van der Waals surface area contributed by atoms with Crippen LogP contribution < -0.4 is 5.43 Å². The number of hydrogen-bond donors (Lipinski definition) is 1. The summed E-state index contributed by atoms with van der Waals surface area (Å²) in [5.74, 6) is 0. The smallest absolute Gasteiger partial charge is 0.183 e. The molecule has 0 atom stereocenters. The van der Waals surface area contributed by atoms with Crippen LogP contribution in [0.5, 0.6) is 0 Å². The average Bonchev–Trinajstić information content (AvgIpc) is 1.97. The van der Waals surface area contributed by atoms with Crippen LogP contribution in [0.4, 0.5) is 0 Å². The lowest BCUT2D eigenvalue weighted by atomic mass is 11.2. The van der Waals surface area contributed by atoms with Gasteiger partial charge in [0, 0.05) is 7.05 Å². The van der Waals surface area contributed by atoms with E-state index in [0.29, 0.717) is 0 Å². The molecule has 0 aliphatic rings. The SMILES string of the molecule is CNN=P(N(C)C)(N(C)C)N(C)C. The number of nitrogens with one attached hydrogen (secondary N) is 1. The zero-order chi connectivity index (χ0) is 10.6. The highest BCUT2D eigenvalue weighted by Gasteiger charge is 2.27. The first-order chi connectivity index (χ1) is 5.89. The van der Waals surface area contributed by atoms with E-state index in [0.717, 1.165) is 0 Å². The van der Waals surface area contributed by atoms with Gasteiger partial charge in [-0.2, -0.15) is 4.85 Å². The Morgan fingerprint density at radius 1 is 0.846 bits per heavy atom. The molecule has 0 aromatic carbocycles. The minimum Gasteiger partial charge on any atom is -0.251 e. The zero-order valence-electron chi connectivity index (χ0n) is 9.74. The molecule has 0 aromatic rings. The summed E-state index contributed by atoms with van der Waals surface area (Å²) < 4.78 is 6.47. The van der Waals surface area contributed by atoms with Gasteiger partial charge in [-0.05, 0) is 42.3 Å². The predicted molar refractivity (Wildman–Crippen MR) is 59.5 cm³/mol. The van der Waals surface area contributed by atoms with Crippen LogP contribution in [-0.2, 0) is 0 Å². The second-order valence-electron chi connectivity index (χ2n) is 3.40. The van der Waals surface area contributed by atoms with Gasteiger partial charge in [-0.1, -0.05) is 0 Å². The van der Waals surface area contributed by atoms with Crippen LogP contribution in [0.1, 0.15) is 0 Å². The second-order valence-corrected chi connectivity index (χ2v) is 7.08. The summed E-state index contributed by atoms with van der Waals surface area (Å²) >= 11 is 0. The lowest BCUT2D eigenvalue weighted by Crippen LogP contribution is -2.31. The standard InChI is InChI=1S/C7H22N5P/c1-8-9-13(10(2)3,11(4)5)12(6)7/h8H,1-7H3. The topological polar surface area (TPSA) is 34.1 Å². The molecule has 1 N–H and O–H groups in total. The van der Waals surface area contributed by atoms with E-state index in [4.69, 9.17) is 0 Å². The minimum absolute atomic E-state index is 1.70. The molecule has 0 amide bonds. The Bertz CT molecular complexity index is 171. The molecule has 0 aliphatic carbocycles. The van der Waals surface area contributed by atoms with Crippen molar-refractivity contribution in [2.45, 2.75) is 0 Å². The van der Waals surface area contributed by atoms with E-state index in [2.05, 4.69) is 66.6 Å². The molecule has 5 nitrogen and oxygen atoms in total. The van der Waals surface area contributed by atoms with Crippen molar-refractivity contribution in [2.75, 3.05) is 49.3 Å². The van der Waals surface area contributed by atoms with E-state index < -0.39 is 7.51 Å². The Morgan fingerprint density at radius 3 is 1.23 bits per heavy atom. The monoisotopic (exact) mass is 207 g/mol. The molecule has 0 saturated carbocycles. The molecule has 0 unspecified atom stereocenters. The predicted octanol–water partition coefficient (Wildman–Crippen LogP) is 0.752. The van der Waals surface area contributed by atoms with Crippen LogP contribution >= 0.6 is 7.51 Å². The summed E-state index contributed by atoms with van der Waals surface area (Å²) in [6.07, 6.45) is 0. The Kier molecular flexibility index (Phi) is 5.10. The van der Waals surface area contributed by atoms with Gasteiger partial charge in [-0.25, -0.2) is 5.43 Å². The van der Waals surface area contributed by atoms with Gasteiger partial charge in [0.2, 0.25) is 0 Å². The highest BCUT2D eigenvalue weighted by atomic mass is 31.2. The molecule has 0 bridgehead atoms. The molecule has 0 radical (unpaired) electrons. The molecule has 0 saturated heterocycles. The maximum absolute atomic E-state index is 4.49. The van der Waals surface area contributed by atoms with E-state index in [9.17, 15) is 0 Å². The van der Waals surface area contributed by atoms with Crippen molar-refractivity contribution < 1.29 is 0 Å². The van der Waals surface area contributed by atoms with Crippen molar-refractivity contribution in [3.05, 3.63) is 0 Å². The maximum Gasteiger partial charge on any atom is 0.183 e. The van der Waals surface area contributed by atoms with Crippen LogP contribution in [-0.4, -0.2) is 63.3 Å².